The average molecular weight is 587 g/mol. The van der Waals surface area contributed by atoms with Crippen LogP contribution in [0, 0.1) is 11.3 Å². The Hall–Kier alpha value is -4.07. The first kappa shape index (κ1) is 26.2. The van der Waals surface area contributed by atoms with Gasteiger partial charge in [-0.1, -0.05) is 23.5 Å². The number of carbonyl (C=O) groups is 1. The number of hydrogen-bond acceptors (Lipinski definition) is 9. The fourth-order valence-corrected chi connectivity index (χ4v) is 6.97. The molecule has 40 heavy (non-hydrogen) atoms. The molecule has 2 aliphatic rings. The quantitative estimate of drug-likeness (QED) is 0.341. The van der Waals surface area contributed by atoms with Crippen LogP contribution in [0.3, 0.4) is 0 Å². The molecule has 3 aromatic heterocycles. The maximum Gasteiger partial charge on any atom is 0.407 e. The van der Waals surface area contributed by atoms with E-state index in [1.807, 2.05) is 6.07 Å². The molecule has 206 valence electrons. The minimum Gasteiger partial charge on any atom is -0.465 e. The number of nitrogens with zero attached hydrogens (tertiary/aromatic N) is 7. The molecule has 0 bridgehead atoms. The maximum atomic E-state index is 13.4. The van der Waals surface area contributed by atoms with Gasteiger partial charge in [0.2, 0.25) is 15.2 Å². The van der Waals surface area contributed by atoms with Gasteiger partial charge in [0.1, 0.15) is 11.9 Å². The summed E-state index contributed by atoms with van der Waals surface area (Å²) in [6.07, 6.45) is 0.350. The van der Waals surface area contributed by atoms with Crippen LogP contribution in [0.5, 0.6) is 0 Å². The van der Waals surface area contributed by atoms with Crippen molar-refractivity contribution < 1.29 is 27.1 Å². The lowest BCUT2D eigenvalue weighted by Gasteiger charge is -2.30. The second kappa shape index (κ2) is 9.25. The molecule has 2 N–H and O–H groups in total. The third-order valence-electron chi connectivity index (χ3n) is 7.06. The van der Waals surface area contributed by atoms with Gasteiger partial charge in [-0.3, -0.25) is 4.57 Å². The molecule has 0 spiro atoms. The first-order chi connectivity index (χ1) is 19.0. The number of fused-ring (bicyclic) bond motifs is 3. The van der Waals surface area contributed by atoms with Crippen molar-refractivity contribution in [3.8, 4) is 11.2 Å². The van der Waals surface area contributed by atoms with Crippen molar-refractivity contribution in [1.29, 1.82) is 5.26 Å². The predicted molar refractivity (Wildman–Crippen MR) is 139 cm³/mol. The molecule has 1 aliphatic heterocycles. The summed E-state index contributed by atoms with van der Waals surface area (Å²) in [5, 5.41) is 27.0. The number of carboxylic acid groups (broad SMARTS) is 1. The van der Waals surface area contributed by atoms with Crippen LogP contribution in [-0.4, -0.2) is 67.4 Å². The zero-order chi connectivity index (χ0) is 28.4. The highest BCUT2D eigenvalue weighted by Crippen LogP contribution is 2.40. The van der Waals surface area contributed by atoms with Crippen LogP contribution in [0.4, 0.5) is 13.6 Å². The molecule has 4 aromatic rings. The van der Waals surface area contributed by atoms with E-state index in [0.717, 1.165) is 5.57 Å². The minimum atomic E-state index is -4.10. The second-order valence-electron chi connectivity index (χ2n) is 9.68. The number of rotatable bonds is 6. The van der Waals surface area contributed by atoms with Gasteiger partial charge < -0.3 is 10.0 Å². The monoisotopic (exact) mass is 586 g/mol. The number of hydrogen-bond donors (Lipinski definition) is 2. The van der Waals surface area contributed by atoms with Crippen LogP contribution in [-0.2, 0) is 10.0 Å². The molecule has 1 saturated carbocycles. The Kier molecular flexibility index (Phi) is 6.05. The largest absolute Gasteiger partial charge is 0.465 e. The van der Waals surface area contributed by atoms with Gasteiger partial charge in [-0.2, -0.15) is 9.98 Å². The summed E-state index contributed by atoms with van der Waals surface area (Å²) in [6.45, 7) is 1.94. The zero-order valence-corrected chi connectivity index (χ0v) is 22.4. The first-order valence-corrected chi connectivity index (χ1v) is 14.4. The number of sulfonamides is 1. The van der Waals surface area contributed by atoms with E-state index in [4.69, 9.17) is 0 Å². The summed E-state index contributed by atoms with van der Waals surface area (Å²) < 4.78 is 57.1. The highest BCUT2D eigenvalue weighted by atomic mass is 32.2. The first-order valence-electron chi connectivity index (χ1n) is 12.1. The van der Waals surface area contributed by atoms with E-state index in [9.17, 15) is 32.4 Å². The Balaban J connectivity index is 1.58. The minimum absolute atomic E-state index is 0.0567. The molecule has 0 radical (unpaired) electrons. The van der Waals surface area contributed by atoms with Crippen molar-refractivity contribution in [2.24, 2.45) is 0 Å². The highest BCUT2D eigenvalue weighted by molar-refractivity contribution is 7.89. The number of aromatic nitrogens is 5. The van der Waals surface area contributed by atoms with Gasteiger partial charge in [0.15, 0.2) is 10.7 Å². The fraction of sp³-hybridized carbons (Fsp3) is 0.333. The van der Waals surface area contributed by atoms with Crippen molar-refractivity contribution in [2.75, 3.05) is 6.54 Å². The molecule has 1 aliphatic carbocycles. The summed E-state index contributed by atoms with van der Waals surface area (Å²) in [5.74, 6) is 0. The Morgan fingerprint density at radius 1 is 1.30 bits per heavy atom. The Morgan fingerprint density at radius 3 is 2.70 bits per heavy atom. The smallest absolute Gasteiger partial charge is 0.407 e. The zero-order valence-electron chi connectivity index (χ0n) is 20.7. The maximum absolute atomic E-state index is 13.4. The molecule has 16 heteroatoms. The molecule has 1 aromatic carbocycles. The van der Waals surface area contributed by atoms with E-state index < -0.39 is 33.1 Å². The standard InChI is InChI=1S/C24H20F2N8O4S2/c1-12-8-13(4-7-33(12)23(35)36)18-17-15-3-2-14(40(37,38)32-24(10-27)5-6-24)9-16(15)34(20(17)29-11-28-18)22-31-30-21(39-22)19(25)26/h2-4,9,11-12,19,32H,5-8H2,1H3,(H,35,36)/t12-/m0/s1. The third kappa shape index (κ3) is 4.26. The number of amides is 1. The van der Waals surface area contributed by atoms with Gasteiger partial charge in [0.25, 0.3) is 6.43 Å². The van der Waals surface area contributed by atoms with Crippen LogP contribution in [0.2, 0.25) is 0 Å². The third-order valence-corrected chi connectivity index (χ3v) is 9.51. The lowest BCUT2D eigenvalue weighted by atomic mass is 9.96. The summed E-state index contributed by atoms with van der Waals surface area (Å²) >= 11 is 0.646. The van der Waals surface area contributed by atoms with E-state index in [2.05, 4.69) is 24.9 Å². The Labute approximate surface area is 229 Å². The molecule has 1 atom stereocenters. The van der Waals surface area contributed by atoms with Crippen LogP contribution in [0.15, 0.2) is 35.5 Å². The van der Waals surface area contributed by atoms with Crippen molar-refractivity contribution in [3.05, 3.63) is 41.3 Å². The number of nitriles is 1. The molecule has 6 rings (SSSR count). The van der Waals surface area contributed by atoms with Crippen molar-refractivity contribution >= 4 is 55.0 Å². The van der Waals surface area contributed by atoms with E-state index in [1.54, 1.807) is 19.1 Å². The SMILES string of the molecule is C[C@H]1CC(c2ncnc3c2c2ccc(S(=O)(=O)NC4(C#N)CC4)cc2n3-c2nnc(C(F)F)s2)=CCN1C(=O)O. The van der Waals surface area contributed by atoms with Crippen LogP contribution < -0.4 is 4.72 Å². The molecule has 0 unspecified atom stereocenters. The van der Waals surface area contributed by atoms with Crippen molar-refractivity contribution in [2.45, 2.75) is 49.1 Å². The average Bonchev–Trinajstić information content (AvgIpc) is 3.36. The molecule has 12 nitrogen and oxygen atoms in total. The molecule has 4 heterocycles. The normalized spacial score (nSPS) is 18.7. The summed E-state index contributed by atoms with van der Waals surface area (Å²) in [4.78, 5) is 21.6. The summed E-state index contributed by atoms with van der Waals surface area (Å²) in [5.41, 5.74) is 0.752. The number of benzene rings is 1. The number of nitrogens with one attached hydrogen (secondary N) is 1. The van der Waals surface area contributed by atoms with E-state index in [0.29, 0.717) is 58.2 Å². The summed E-state index contributed by atoms with van der Waals surface area (Å²) in [7, 11) is -4.10. The Bertz CT molecular complexity index is 1870. The Morgan fingerprint density at radius 2 is 2.08 bits per heavy atom. The van der Waals surface area contributed by atoms with E-state index >= 15 is 0 Å². The molecule has 1 fully saturated rings. The lowest BCUT2D eigenvalue weighted by molar-refractivity contribution is 0.133. The van der Waals surface area contributed by atoms with Crippen molar-refractivity contribution in [1.82, 2.24) is 34.4 Å². The van der Waals surface area contributed by atoms with Crippen LogP contribution in [0.1, 0.15) is 43.3 Å². The number of halogens is 2. The van der Waals surface area contributed by atoms with Crippen molar-refractivity contribution in [3.63, 3.8) is 0 Å². The second-order valence-corrected chi connectivity index (χ2v) is 12.3. The molecular formula is C24H20F2N8O4S2. The topological polar surface area (TPSA) is 167 Å². The lowest BCUT2D eigenvalue weighted by Crippen LogP contribution is -2.40. The van der Waals surface area contributed by atoms with Gasteiger partial charge in [-0.25, -0.2) is 32.0 Å². The molecule has 0 saturated heterocycles. The summed E-state index contributed by atoms with van der Waals surface area (Å²) in [6, 6.07) is 6.02. The van der Waals surface area contributed by atoms with Crippen LogP contribution >= 0.6 is 11.3 Å². The highest BCUT2D eigenvalue weighted by Gasteiger charge is 2.47. The van der Waals surface area contributed by atoms with Gasteiger partial charge >= 0.3 is 6.09 Å². The molecular weight excluding hydrogens is 566 g/mol. The fourth-order valence-electron chi connectivity index (χ4n) is 4.86. The molecule has 1 amide bonds. The van der Waals surface area contributed by atoms with Gasteiger partial charge in [0, 0.05) is 18.0 Å². The van der Waals surface area contributed by atoms with E-state index in [-0.39, 0.29) is 22.6 Å². The van der Waals surface area contributed by atoms with Gasteiger partial charge in [-0.05, 0) is 43.9 Å². The van der Waals surface area contributed by atoms with Crippen LogP contribution in [0.25, 0.3) is 32.6 Å². The van der Waals surface area contributed by atoms with Gasteiger partial charge in [0.05, 0.1) is 27.6 Å². The van der Waals surface area contributed by atoms with E-state index in [1.165, 1.54) is 27.9 Å². The van der Waals surface area contributed by atoms with Gasteiger partial charge in [-0.15, -0.1) is 10.2 Å². The number of alkyl halides is 2. The predicted octanol–water partition coefficient (Wildman–Crippen LogP) is 3.85.